The number of rotatable bonds is 17. The Morgan fingerprint density at radius 3 is 1.46 bits per heavy atom. The van der Waals surface area contributed by atoms with Gasteiger partial charge < -0.3 is 16.5 Å². The van der Waals surface area contributed by atoms with Crippen LogP contribution < -0.4 is 0 Å². The third-order valence-electron chi connectivity index (χ3n) is 6.98. The van der Waals surface area contributed by atoms with Gasteiger partial charge in [0.1, 0.15) is 0 Å². The maximum absolute atomic E-state index is 9.04. The monoisotopic (exact) mass is 645 g/mol. The van der Waals surface area contributed by atoms with Crippen molar-refractivity contribution in [2.45, 2.75) is 117 Å². The van der Waals surface area contributed by atoms with Gasteiger partial charge in [-0.1, -0.05) is 69.0 Å². The Balaban J connectivity index is 1.92. The number of nitrogens with zero attached hydrogens (tertiary/aromatic N) is 1. The molecule has 0 saturated heterocycles. The highest BCUT2D eigenvalue weighted by atomic mass is 28.5. The molecule has 0 heterocycles. The molecule has 0 aliphatic carbocycles. The minimum Gasteiger partial charge on any atom is -0.436 e. The summed E-state index contributed by atoms with van der Waals surface area (Å²) in [6, 6.07) is 20.9. The van der Waals surface area contributed by atoms with Crippen molar-refractivity contribution in [2.75, 3.05) is 0 Å². The van der Waals surface area contributed by atoms with E-state index in [4.69, 9.17) is 21.7 Å². The van der Waals surface area contributed by atoms with Gasteiger partial charge in [0.2, 0.25) is 0 Å². The molecule has 0 radical (unpaired) electrons. The van der Waals surface area contributed by atoms with E-state index >= 15 is 0 Å². The standard InChI is InChI=1S/C31H55NO4Si5/c1-12-13-14-15-25-37(2,3)33-39(6,7)35-41(10,11)36-40(8,9)34-38(4,5)26-24-28-16-20-30(21-17-28)31-22-18-29(27-32)19-23-31/h16-23H,12-15,24-26H2,1-11H3. The van der Waals surface area contributed by atoms with Crippen molar-refractivity contribution in [2.24, 2.45) is 0 Å². The summed E-state index contributed by atoms with van der Waals surface area (Å²) in [5, 5.41) is 9.04. The van der Waals surface area contributed by atoms with Crippen LogP contribution in [0.4, 0.5) is 0 Å². The first-order valence-corrected chi connectivity index (χ1v) is 29.9. The minimum absolute atomic E-state index is 0.684. The quantitative estimate of drug-likeness (QED) is 0.127. The number of hydrogen-bond donors (Lipinski definition) is 0. The highest BCUT2D eigenvalue weighted by Gasteiger charge is 2.45. The van der Waals surface area contributed by atoms with Gasteiger partial charge in [0.05, 0.1) is 11.6 Å². The van der Waals surface area contributed by atoms with Crippen molar-refractivity contribution in [3.8, 4) is 17.2 Å². The third kappa shape index (κ3) is 13.8. The lowest BCUT2D eigenvalue weighted by atomic mass is 10.0. The number of nitriles is 1. The smallest absolute Gasteiger partial charge is 0.314 e. The van der Waals surface area contributed by atoms with E-state index < -0.39 is 42.3 Å². The van der Waals surface area contributed by atoms with Gasteiger partial charge in [-0.15, -0.1) is 0 Å². The number of benzene rings is 2. The summed E-state index contributed by atoms with van der Waals surface area (Å²) in [5.41, 5.74) is 4.29. The number of unbranched alkanes of at least 4 members (excludes halogenated alkanes) is 3. The second-order valence-electron chi connectivity index (χ2n) is 13.8. The van der Waals surface area contributed by atoms with E-state index in [1.807, 2.05) is 24.3 Å². The SMILES string of the molecule is CCCCCC[Si](C)(C)O[Si](C)(C)O[Si](C)(C)O[Si](C)(C)O[Si](C)(C)CCc1ccc(-c2ccc(C#N)cc2)cc1. The Morgan fingerprint density at radius 2 is 1.00 bits per heavy atom. The molecule has 0 atom stereocenters. The molecule has 2 rings (SSSR count). The van der Waals surface area contributed by atoms with E-state index in [1.165, 1.54) is 37.3 Å². The van der Waals surface area contributed by atoms with Crippen molar-refractivity contribution in [1.29, 1.82) is 5.26 Å². The molecular formula is C31H55NO4Si5. The molecule has 228 valence electrons. The van der Waals surface area contributed by atoms with Crippen molar-refractivity contribution in [1.82, 2.24) is 0 Å². The summed E-state index contributed by atoms with van der Waals surface area (Å²) >= 11 is 0. The largest absolute Gasteiger partial charge is 0.436 e. The van der Waals surface area contributed by atoms with Gasteiger partial charge in [-0.05, 0) is 113 Å². The van der Waals surface area contributed by atoms with Crippen molar-refractivity contribution in [3.05, 3.63) is 59.7 Å². The fraction of sp³-hybridized carbons (Fsp3) is 0.581. The summed E-state index contributed by atoms with van der Waals surface area (Å²) in [4.78, 5) is 0. The van der Waals surface area contributed by atoms with Crippen LogP contribution in [-0.4, -0.2) is 42.3 Å². The van der Waals surface area contributed by atoms with Gasteiger partial charge in [0.25, 0.3) is 0 Å². The fourth-order valence-corrected chi connectivity index (χ4v) is 30.3. The summed E-state index contributed by atoms with van der Waals surface area (Å²) < 4.78 is 27.2. The van der Waals surface area contributed by atoms with Gasteiger partial charge in [0.15, 0.2) is 16.6 Å². The lowest BCUT2D eigenvalue weighted by Crippen LogP contribution is -2.58. The Morgan fingerprint density at radius 1 is 0.561 bits per heavy atom. The third-order valence-corrected chi connectivity index (χ3v) is 26.2. The van der Waals surface area contributed by atoms with Crippen LogP contribution in [0.1, 0.15) is 43.7 Å². The Labute approximate surface area is 256 Å². The molecule has 0 bridgehead atoms. The molecule has 5 nitrogen and oxygen atoms in total. The van der Waals surface area contributed by atoms with Gasteiger partial charge >= 0.3 is 25.7 Å². The van der Waals surface area contributed by atoms with Gasteiger partial charge in [-0.3, -0.25) is 0 Å². The molecule has 2 aromatic carbocycles. The van der Waals surface area contributed by atoms with E-state index in [-0.39, 0.29) is 0 Å². The molecular weight excluding hydrogens is 591 g/mol. The zero-order valence-electron chi connectivity index (χ0n) is 27.6. The van der Waals surface area contributed by atoms with Crippen LogP contribution in [0.3, 0.4) is 0 Å². The zero-order chi connectivity index (χ0) is 31.0. The molecule has 41 heavy (non-hydrogen) atoms. The second kappa shape index (κ2) is 15.0. The lowest BCUT2D eigenvalue weighted by molar-refractivity contribution is 0.298. The Kier molecular flexibility index (Phi) is 13.2. The van der Waals surface area contributed by atoms with Gasteiger partial charge in [-0.2, -0.15) is 5.26 Å². The van der Waals surface area contributed by atoms with Crippen LogP contribution >= 0.6 is 0 Å². The van der Waals surface area contributed by atoms with Crippen molar-refractivity contribution >= 4 is 42.3 Å². The van der Waals surface area contributed by atoms with Crippen LogP contribution in [0, 0.1) is 11.3 Å². The summed E-state index contributed by atoms with van der Waals surface area (Å²) in [7, 11) is -10.9. The molecule has 0 saturated carbocycles. The van der Waals surface area contributed by atoms with Crippen LogP contribution in [0.5, 0.6) is 0 Å². The maximum atomic E-state index is 9.04. The summed E-state index contributed by atoms with van der Waals surface area (Å²) in [6.07, 6.45) is 6.10. The molecule has 0 fully saturated rings. The molecule has 0 aliphatic rings. The highest BCUT2D eigenvalue weighted by molar-refractivity contribution is 6.90. The molecule has 0 amide bonds. The molecule has 0 aromatic heterocycles. The first kappa shape index (κ1) is 36.0. The average Bonchev–Trinajstić information content (AvgIpc) is 2.83. The minimum atomic E-state index is -2.45. The highest BCUT2D eigenvalue weighted by Crippen LogP contribution is 2.29. The predicted octanol–water partition coefficient (Wildman–Crippen LogP) is 9.93. The van der Waals surface area contributed by atoms with Gasteiger partial charge in [0, 0.05) is 0 Å². The van der Waals surface area contributed by atoms with Crippen LogP contribution in [0.15, 0.2) is 48.5 Å². The number of aryl methyl sites for hydroxylation is 1. The normalized spacial score (nSPS) is 13.3. The second-order valence-corrected chi connectivity index (χ2v) is 33.5. The maximum Gasteiger partial charge on any atom is 0.314 e. The van der Waals surface area contributed by atoms with Crippen molar-refractivity contribution in [3.63, 3.8) is 0 Å². The lowest BCUT2D eigenvalue weighted by Gasteiger charge is -2.42. The van der Waals surface area contributed by atoms with Gasteiger partial charge in [-0.25, -0.2) is 0 Å². The first-order valence-electron chi connectivity index (χ1n) is 15.3. The summed E-state index contributed by atoms with van der Waals surface area (Å²) in [6.45, 7) is 24.6. The van der Waals surface area contributed by atoms with Crippen LogP contribution in [0.25, 0.3) is 11.1 Å². The van der Waals surface area contributed by atoms with Crippen LogP contribution in [0.2, 0.25) is 77.6 Å². The Bertz CT molecular complexity index is 1130. The van der Waals surface area contributed by atoms with E-state index in [2.05, 4.69) is 103 Å². The van der Waals surface area contributed by atoms with E-state index in [1.54, 1.807) is 0 Å². The van der Waals surface area contributed by atoms with E-state index in [0.29, 0.717) is 5.56 Å². The average molecular weight is 646 g/mol. The summed E-state index contributed by atoms with van der Waals surface area (Å²) in [5.74, 6) is 0. The molecule has 0 spiro atoms. The first-order chi connectivity index (χ1) is 18.9. The molecule has 0 aliphatic heterocycles. The Hall–Kier alpha value is -1.15. The molecule has 2 aromatic rings. The molecule has 0 unspecified atom stereocenters. The zero-order valence-corrected chi connectivity index (χ0v) is 32.6. The van der Waals surface area contributed by atoms with E-state index in [9.17, 15) is 0 Å². The number of hydrogen-bond acceptors (Lipinski definition) is 5. The topological polar surface area (TPSA) is 60.7 Å². The predicted molar refractivity (Wildman–Crippen MR) is 186 cm³/mol. The molecule has 10 heteroatoms. The van der Waals surface area contributed by atoms with Crippen LogP contribution in [-0.2, 0) is 22.9 Å². The van der Waals surface area contributed by atoms with E-state index in [0.717, 1.165) is 23.6 Å². The van der Waals surface area contributed by atoms with Crippen molar-refractivity contribution < 1.29 is 16.5 Å². The molecule has 0 N–H and O–H groups in total. The fourth-order valence-electron chi connectivity index (χ4n) is 5.70.